The van der Waals surface area contributed by atoms with Gasteiger partial charge in [0.25, 0.3) is 5.91 Å². The summed E-state index contributed by atoms with van der Waals surface area (Å²) < 4.78 is 0. The SMILES string of the molecule is CCC1(C)NC(=O)N(CC(=O)N(C)C(C)C(=O)O)C1=O. The number of hydrogen-bond donors (Lipinski definition) is 2. The van der Waals surface area contributed by atoms with Gasteiger partial charge in [-0.15, -0.1) is 0 Å². The summed E-state index contributed by atoms with van der Waals surface area (Å²) in [6.45, 7) is 4.22. The second-order valence-corrected chi connectivity index (χ2v) is 5.03. The Morgan fingerprint density at radius 1 is 1.45 bits per heavy atom. The average molecular weight is 285 g/mol. The molecule has 112 valence electrons. The van der Waals surface area contributed by atoms with E-state index in [0.717, 1.165) is 9.80 Å². The number of carboxylic acid groups (broad SMARTS) is 1. The van der Waals surface area contributed by atoms with Crippen molar-refractivity contribution < 1.29 is 24.3 Å². The Balaban J connectivity index is 2.79. The maximum Gasteiger partial charge on any atom is 0.326 e. The van der Waals surface area contributed by atoms with Crippen LogP contribution in [0.25, 0.3) is 0 Å². The molecule has 1 aliphatic rings. The predicted octanol–water partition coefficient (Wildman–Crippen LogP) is -0.362. The van der Waals surface area contributed by atoms with Gasteiger partial charge in [-0.05, 0) is 20.3 Å². The predicted molar refractivity (Wildman–Crippen MR) is 68.8 cm³/mol. The zero-order valence-electron chi connectivity index (χ0n) is 12.0. The van der Waals surface area contributed by atoms with Crippen molar-refractivity contribution in [2.75, 3.05) is 13.6 Å². The maximum absolute atomic E-state index is 12.1. The molecule has 20 heavy (non-hydrogen) atoms. The van der Waals surface area contributed by atoms with E-state index in [1.807, 2.05) is 0 Å². The first-order chi connectivity index (χ1) is 9.14. The monoisotopic (exact) mass is 285 g/mol. The second-order valence-electron chi connectivity index (χ2n) is 5.03. The molecule has 0 aromatic carbocycles. The second kappa shape index (κ2) is 5.48. The number of nitrogens with zero attached hydrogens (tertiary/aromatic N) is 2. The highest BCUT2D eigenvalue weighted by Gasteiger charge is 2.47. The van der Waals surface area contributed by atoms with Crippen LogP contribution in [0.4, 0.5) is 4.79 Å². The van der Waals surface area contributed by atoms with Crippen LogP contribution >= 0.6 is 0 Å². The van der Waals surface area contributed by atoms with Gasteiger partial charge < -0.3 is 15.3 Å². The molecule has 1 rings (SSSR count). The van der Waals surface area contributed by atoms with Crippen molar-refractivity contribution in [3.63, 3.8) is 0 Å². The molecule has 0 saturated carbocycles. The molecule has 0 radical (unpaired) electrons. The number of carbonyl (C=O) groups excluding carboxylic acids is 3. The fourth-order valence-electron chi connectivity index (χ4n) is 1.76. The van der Waals surface area contributed by atoms with Gasteiger partial charge in [0.1, 0.15) is 18.1 Å². The fourth-order valence-corrected chi connectivity index (χ4v) is 1.76. The largest absolute Gasteiger partial charge is 0.480 e. The van der Waals surface area contributed by atoms with E-state index in [1.165, 1.54) is 14.0 Å². The van der Waals surface area contributed by atoms with Gasteiger partial charge in [-0.3, -0.25) is 14.5 Å². The number of urea groups is 1. The summed E-state index contributed by atoms with van der Waals surface area (Å²) in [5, 5.41) is 11.4. The van der Waals surface area contributed by atoms with Gasteiger partial charge in [0.2, 0.25) is 5.91 Å². The van der Waals surface area contributed by atoms with E-state index >= 15 is 0 Å². The highest BCUT2D eigenvalue weighted by Crippen LogP contribution is 2.20. The molecule has 1 fully saturated rings. The smallest absolute Gasteiger partial charge is 0.326 e. The molecule has 0 aromatic rings. The minimum atomic E-state index is -1.16. The number of imide groups is 1. The summed E-state index contributed by atoms with van der Waals surface area (Å²) in [7, 11) is 1.32. The summed E-state index contributed by atoms with van der Waals surface area (Å²) in [5.41, 5.74) is -1.01. The number of amides is 4. The van der Waals surface area contributed by atoms with Crippen molar-refractivity contribution in [3.8, 4) is 0 Å². The van der Waals surface area contributed by atoms with Crippen LogP contribution in [0.3, 0.4) is 0 Å². The Hall–Kier alpha value is -2.12. The standard InChI is InChI=1S/C12H19N3O5/c1-5-12(3)10(19)15(11(20)13-12)6-8(16)14(4)7(2)9(17)18/h7H,5-6H2,1-4H3,(H,13,20)(H,17,18). The maximum atomic E-state index is 12.1. The first kappa shape index (κ1) is 15.9. The van der Waals surface area contributed by atoms with Gasteiger partial charge in [-0.2, -0.15) is 0 Å². The quantitative estimate of drug-likeness (QED) is 0.671. The van der Waals surface area contributed by atoms with Crippen LogP contribution in [-0.2, 0) is 14.4 Å². The highest BCUT2D eigenvalue weighted by molar-refractivity contribution is 6.08. The molecule has 2 atom stereocenters. The average Bonchev–Trinajstić information content (AvgIpc) is 2.61. The minimum Gasteiger partial charge on any atom is -0.480 e. The molecule has 8 nitrogen and oxygen atoms in total. The number of carboxylic acids is 1. The first-order valence-corrected chi connectivity index (χ1v) is 6.26. The van der Waals surface area contributed by atoms with Crippen LogP contribution < -0.4 is 5.32 Å². The number of nitrogens with one attached hydrogen (secondary N) is 1. The van der Waals surface area contributed by atoms with Gasteiger partial charge in [0, 0.05) is 7.05 Å². The van der Waals surface area contributed by atoms with Crippen LogP contribution in [-0.4, -0.2) is 63.9 Å². The summed E-state index contributed by atoms with van der Waals surface area (Å²) in [6.07, 6.45) is 0.406. The third-order valence-corrected chi connectivity index (χ3v) is 3.68. The summed E-state index contributed by atoms with van der Waals surface area (Å²) in [4.78, 5) is 48.4. The molecule has 0 aromatic heterocycles. The van der Waals surface area contributed by atoms with Crippen LogP contribution in [0.1, 0.15) is 27.2 Å². The Morgan fingerprint density at radius 3 is 2.40 bits per heavy atom. The summed E-state index contributed by atoms with van der Waals surface area (Å²) in [5.74, 6) is -2.24. The van der Waals surface area contributed by atoms with E-state index in [9.17, 15) is 19.2 Å². The number of aliphatic carboxylic acids is 1. The van der Waals surface area contributed by atoms with Crippen molar-refractivity contribution in [2.24, 2.45) is 0 Å². The Bertz CT molecular complexity index is 464. The summed E-state index contributed by atoms with van der Waals surface area (Å²) >= 11 is 0. The molecule has 0 aliphatic carbocycles. The van der Waals surface area contributed by atoms with Gasteiger partial charge >= 0.3 is 12.0 Å². The molecular formula is C12H19N3O5. The lowest BCUT2D eigenvalue weighted by molar-refractivity contribution is -0.149. The molecule has 1 saturated heterocycles. The first-order valence-electron chi connectivity index (χ1n) is 6.26. The molecule has 2 N–H and O–H groups in total. The number of hydrogen-bond acceptors (Lipinski definition) is 4. The molecular weight excluding hydrogens is 266 g/mol. The summed E-state index contributed by atoms with van der Waals surface area (Å²) in [6, 6.07) is -1.66. The zero-order chi connectivity index (χ0) is 15.7. The molecule has 0 bridgehead atoms. The highest BCUT2D eigenvalue weighted by atomic mass is 16.4. The third kappa shape index (κ3) is 2.73. The van der Waals surface area contributed by atoms with Crippen LogP contribution in [0.5, 0.6) is 0 Å². The van der Waals surface area contributed by atoms with E-state index in [2.05, 4.69) is 5.32 Å². The van der Waals surface area contributed by atoms with Crippen molar-refractivity contribution in [1.29, 1.82) is 0 Å². The van der Waals surface area contributed by atoms with E-state index in [-0.39, 0.29) is 0 Å². The van der Waals surface area contributed by atoms with Crippen LogP contribution in [0.2, 0.25) is 0 Å². The van der Waals surface area contributed by atoms with Gasteiger partial charge in [0.15, 0.2) is 0 Å². The van der Waals surface area contributed by atoms with Crippen molar-refractivity contribution in [3.05, 3.63) is 0 Å². The molecule has 0 spiro atoms. The lowest BCUT2D eigenvalue weighted by Gasteiger charge is -2.24. The molecule has 2 unspecified atom stereocenters. The minimum absolute atomic E-state index is 0.406. The van der Waals surface area contributed by atoms with Gasteiger partial charge in [-0.1, -0.05) is 6.92 Å². The van der Waals surface area contributed by atoms with Crippen molar-refractivity contribution >= 4 is 23.8 Å². The van der Waals surface area contributed by atoms with E-state index in [0.29, 0.717) is 6.42 Å². The molecule has 1 heterocycles. The lowest BCUT2D eigenvalue weighted by Crippen LogP contribution is -2.47. The van der Waals surface area contributed by atoms with E-state index in [4.69, 9.17) is 5.11 Å². The Kier molecular flexibility index (Phi) is 4.36. The van der Waals surface area contributed by atoms with E-state index < -0.39 is 41.9 Å². The van der Waals surface area contributed by atoms with Crippen LogP contribution in [0.15, 0.2) is 0 Å². The van der Waals surface area contributed by atoms with Crippen LogP contribution in [0, 0.1) is 0 Å². The van der Waals surface area contributed by atoms with Gasteiger partial charge in [-0.25, -0.2) is 9.59 Å². The van der Waals surface area contributed by atoms with E-state index in [1.54, 1.807) is 13.8 Å². The van der Waals surface area contributed by atoms with Gasteiger partial charge in [0.05, 0.1) is 0 Å². The Morgan fingerprint density at radius 2 is 2.00 bits per heavy atom. The zero-order valence-corrected chi connectivity index (χ0v) is 12.0. The number of carbonyl (C=O) groups is 4. The normalized spacial score (nSPS) is 23.5. The fraction of sp³-hybridized carbons (Fsp3) is 0.667. The van der Waals surface area contributed by atoms with Crippen molar-refractivity contribution in [2.45, 2.75) is 38.8 Å². The molecule has 1 aliphatic heterocycles. The lowest BCUT2D eigenvalue weighted by atomic mass is 9.99. The van der Waals surface area contributed by atoms with Crippen molar-refractivity contribution in [1.82, 2.24) is 15.1 Å². The molecule has 4 amide bonds. The number of likely N-dealkylation sites (N-methyl/N-ethyl adjacent to an activating group) is 1. The third-order valence-electron chi connectivity index (χ3n) is 3.68. The topological polar surface area (TPSA) is 107 Å². The number of rotatable bonds is 5. The molecule has 8 heteroatoms. The Labute approximate surface area is 116 Å².